The van der Waals surface area contributed by atoms with E-state index < -0.39 is 0 Å². The number of amides is 1. The van der Waals surface area contributed by atoms with Crippen LogP contribution in [0.2, 0.25) is 0 Å². The molecule has 0 aliphatic carbocycles. The highest BCUT2D eigenvalue weighted by Gasteiger charge is 2.26. The monoisotopic (exact) mass is 314 g/mol. The predicted molar refractivity (Wildman–Crippen MR) is 92.6 cm³/mol. The quantitative estimate of drug-likeness (QED) is 0.931. The maximum absolute atomic E-state index is 12.4. The largest absolute Gasteiger partial charge is 0.325 e. The van der Waals surface area contributed by atoms with Gasteiger partial charge in [0, 0.05) is 23.2 Å². The Hall–Kier alpha value is -1.65. The van der Waals surface area contributed by atoms with Crippen LogP contribution < -0.4 is 5.32 Å². The number of rotatable bonds is 3. The average molecular weight is 314 g/mol. The first-order chi connectivity index (χ1) is 10.6. The van der Waals surface area contributed by atoms with Crippen molar-refractivity contribution in [2.45, 2.75) is 33.2 Å². The van der Waals surface area contributed by atoms with Gasteiger partial charge in [0.05, 0.1) is 6.54 Å². The van der Waals surface area contributed by atoms with Gasteiger partial charge in [-0.05, 0) is 61.4 Å². The Kier molecular flexibility index (Phi) is 4.32. The highest BCUT2D eigenvalue weighted by molar-refractivity contribution is 7.10. The van der Waals surface area contributed by atoms with Crippen molar-refractivity contribution in [1.82, 2.24) is 4.90 Å². The zero-order valence-electron chi connectivity index (χ0n) is 13.3. The highest BCUT2D eigenvalue weighted by Crippen LogP contribution is 2.32. The first-order valence-electron chi connectivity index (χ1n) is 7.72. The molecule has 3 nitrogen and oxygen atoms in total. The molecule has 0 spiro atoms. The van der Waals surface area contributed by atoms with Gasteiger partial charge in [-0.1, -0.05) is 12.1 Å². The van der Waals surface area contributed by atoms with Gasteiger partial charge in [0.2, 0.25) is 5.91 Å². The number of thiophene rings is 1. The van der Waals surface area contributed by atoms with Crippen molar-refractivity contribution in [2.75, 3.05) is 18.4 Å². The molecule has 2 heterocycles. The molecule has 1 amide bonds. The van der Waals surface area contributed by atoms with E-state index >= 15 is 0 Å². The number of nitrogens with zero attached hydrogens (tertiary/aromatic N) is 1. The molecule has 1 aliphatic heterocycles. The number of benzene rings is 1. The number of hydrogen-bond donors (Lipinski definition) is 1. The SMILES string of the molecule is Cc1cccc(NC(=O)CN2CCc3sccc3C2C)c1C. The predicted octanol–water partition coefficient (Wildman–Crippen LogP) is 3.92. The molecule has 1 aliphatic rings. The Labute approximate surface area is 136 Å². The lowest BCUT2D eigenvalue weighted by Gasteiger charge is -2.33. The molecule has 1 aromatic carbocycles. The van der Waals surface area contributed by atoms with Crippen molar-refractivity contribution in [2.24, 2.45) is 0 Å². The summed E-state index contributed by atoms with van der Waals surface area (Å²) in [4.78, 5) is 16.1. The Morgan fingerprint density at radius 2 is 2.18 bits per heavy atom. The second-order valence-electron chi connectivity index (χ2n) is 5.99. The fourth-order valence-electron chi connectivity index (χ4n) is 3.04. The first kappa shape index (κ1) is 15.3. The summed E-state index contributed by atoms with van der Waals surface area (Å²) in [5.74, 6) is 0.0687. The van der Waals surface area contributed by atoms with E-state index in [1.54, 1.807) is 0 Å². The van der Waals surface area contributed by atoms with Crippen LogP contribution in [0, 0.1) is 13.8 Å². The first-order valence-corrected chi connectivity index (χ1v) is 8.60. The molecule has 0 fully saturated rings. The van der Waals surface area contributed by atoms with Crippen molar-refractivity contribution in [1.29, 1.82) is 0 Å². The van der Waals surface area contributed by atoms with Crippen LogP contribution >= 0.6 is 11.3 Å². The number of nitrogens with one attached hydrogen (secondary N) is 1. The fourth-order valence-corrected chi connectivity index (χ4v) is 4.00. The van der Waals surface area contributed by atoms with Gasteiger partial charge < -0.3 is 5.32 Å². The highest BCUT2D eigenvalue weighted by atomic mass is 32.1. The van der Waals surface area contributed by atoms with Crippen LogP contribution in [0.1, 0.15) is 34.5 Å². The van der Waals surface area contributed by atoms with Crippen LogP contribution in [0.4, 0.5) is 5.69 Å². The molecule has 116 valence electrons. The van der Waals surface area contributed by atoms with Crippen LogP contribution in [0.5, 0.6) is 0 Å². The van der Waals surface area contributed by atoms with Gasteiger partial charge in [-0.2, -0.15) is 0 Å². The molecular weight excluding hydrogens is 292 g/mol. The van der Waals surface area contributed by atoms with E-state index in [0.717, 1.165) is 24.2 Å². The molecule has 0 radical (unpaired) electrons. The average Bonchev–Trinajstić information content (AvgIpc) is 2.96. The lowest BCUT2D eigenvalue weighted by Crippen LogP contribution is -2.39. The van der Waals surface area contributed by atoms with Crippen molar-refractivity contribution in [3.8, 4) is 0 Å². The van der Waals surface area contributed by atoms with Crippen LogP contribution in [0.15, 0.2) is 29.6 Å². The minimum absolute atomic E-state index is 0.0687. The zero-order valence-corrected chi connectivity index (χ0v) is 14.2. The van der Waals surface area contributed by atoms with Gasteiger partial charge in [-0.25, -0.2) is 0 Å². The smallest absolute Gasteiger partial charge is 0.238 e. The molecule has 4 heteroatoms. The Morgan fingerprint density at radius 1 is 1.36 bits per heavy atom. The Bertz CT molecular complexity index is 692. The summed E-state index contributed by atoms with van der Waals surface area (Å²) in [6.45, 7) is 7.70. The second-order valence-corrected chi connectivity index (χ2v) is 6.99. The van der Waals surface area contributed by atoms with Crippen molar-refractivity contribution >= 4 is 22.9 Å². The third kappa shape index (κ3) is 2.94. The second kappa shape index (κ2) is 6.23. The number of carbonyl (C=O) groups excluding carboxylic acids is 1. The van der Waals surface area contributed by atoms with Crippen LogP contribution in [0.25, 0.3) is 0 Å². The fraction of sp³-hybridized carbons (Fsp3) is 0.389. The van der Waals surface area contributed by atoms with Crippen molar-refractivity contribution in [3.05, 3.63) is 51.2 Å². The molecule has 22 heavy (non-hydrogen) atoms. The van der Waals surface area contributed by atoms with E-state index in [-0.39, 0.29) is 5.91 Å². The molecule has 0 saturated carbocycles. The van der Waals surface area contributed by atoms with Gasteiger partial charge in [0.15, 0.2) is 0 Å². The van der Waals surface area contributed by atoms with Crippen LogP contribution in [-0.4, -0.2) is 23.9 Å². The van der Waals surface area contributed by atoms with Gasteiger partial charge in [0.25, 0.3) is 0 Å². The molecule has 0 bridgehead atoms. The van der Waals surface area contributed by atoms with Crippen molar-refractivity contribution in [3.63, 3.8) is 0 Å². The number of aryl methyl sites for hydroxylation is 1. The molecule has 0 saturated heterocycles. The molecule has 1 atom stereocenters. The molecular formula is C18H22N2OS. The van der Waals surface area contributed by atoms with Gasteiger partial charge >= 0.3 is 0 Å². The summed E-state index contributed by atoms with van der Waals surface area (Å²) in [6, 6.07) is 8.53. The summed E-state index contributed by atoms with van der Waals surface area (Å²) >= 11 is 1.83. The lowest BCUT2D eigenvalue weighted by molar-refractivity contribution is -0.117. The number of fused-ring (bicyclic) bond motifs is 1. The molecule has 1 aromatic heterocycles. The van der Waals surface area contributed by atoms with E-state index in [1.165, 1.54) is 16.0 Å². The van der Waals surface area contributed by atoms with E-state index in [4.69, 9.17) is 0 Å². The Balaban J connectivity index is 1.67. The van der Waals surface area contributed by atoms with Crippen molar-refractivity contribution < 1.29 is 4.79 Å². The van der Waals surface area contributed by atoms with E-state index in [2.05, 4.69) is 41.6 Å². The van der Waals surface area contributed by atoms with Gasteiger partial charge in [0.1, 0.15) is 0 Å². The van der Waals surface area contributed by atoms with E-state index in [9.17, 15) is 4.79 Å². The normalized spacial score (nSPS) is 18.0. The van der Waals surface area contributed by atoms with Crippen LogP contribution in [-0.2, 0) is 11.2 Å². The van der Waals surface area contributed by atoms with E-state index in [1.807, 2.05) is 30.4 Å². The van der Waals surface area contributed by atoms with Gasteiger partial charge in [-0.3, -0.25) is 9.69 Å². The molecule has 1 unspecified atom stereocenters. The summed E-state index contributed by atoms with van der Waals surface area (Å²) in [6.07, 6.45) is 1.05. The summed E-state index contributed by atoms with van der Waals surface area (Å²) in [5, 5.41) is 5.21. The molecule has 3 rings (SSSR count). The standard InChI is InChI=1S/C18H22N2OS/c1-12-5-4-6-16(13(12)2)19-18(21)11-20-9-7-17-15(14(20)3)8-10-22-17/h4-6,8,10,14H,7,9,11H2,1-3H3,(H,19,21). The van der Waals surface area contributed by atoms with Gasteiger partial charge in [-0.15, -0.1) is 11.3 Å². The number of anilines is 1. The maximum atomic E-state index is 12.4. The third-order valence-corrected chi connectivity index (χ3v) is 5.63. The van der Waals surface area contributed by atoms with Crippen LogP contribution in [0.3, 0.4) is 0 Å². The minimum Gasteiger partial charge on any atom is -0.325 e. The minimum atomic E-state index is 0.0687. The summed E-state index contributed by atoms with van der Waals surface area (Å²) in [7, 11) is 0. The summed E-state index contributed by atoms with van der Waals surface area (Å²) in [5.41, 5.74) is 4.65. The molecule has 1 N–H and O–H groups in total. The molecule has 2 aromatic rings. The summed E-state index contributed by atoms with van der Waals surface area (Å²) < 4.78 is 0. The third-order valence-electron chi connectivity index (χ3n) is 4.63. The number of carbonyl (C=O) groups is 1. The zero-order chi connectivity index (χ0) is 15.7. The lowest BCUT2D eigenvalue weighted by atomic mass is 10.0. The van der Waals surface area contributed by atoms with E-state index in [0.29, 0.717) is 12.6 Å². The number of hydrogen-bond acceptors (Lipinski definition) is 3. The topological polar surface area (TPSA) is 32.3 Å². The Morgan fingerprint density at radius 3 is 3.00 bits per heavy atom. The maximum Gasteiger partial charge on any atom is 0.238 e.